The van der Waals surface area contributed by atoms with E-state index in [1.807, 2.05) is 6.92 Å². The van der Waals surface area contributed by atoms with Gasteiger partial charge < -0.3 is 9.05 Å². The molecular formula is C19H41O3P. The molecule has 0 radical (unpaired) electrons. The second-order valence-corrected chi connectivity index (χ2v) is 8.94. The first-order valence-electron chi connectivity index (χ1n) is 9.93. The molecule has 0 saturated heterocycles. The molecule has 3 nitrogen and oxygen atoms in total. The van der Waals surface area contributed by atoms with Crippen LogP contribution in [0.15, 0.2) is 0 Å². The van der Waals surface area contributed by atoms with E-state index in [2.05, 4.69) is 27.7 Å². The number of hydrogen-bond acceptors (Lipinski definition) is 3. The minimum atomic E-state index is -2.92. The van der Waals surface area contributed by atoms with Crippen LogP contribution >= 0.6 is 7.60 Å². The molecule has 0 aromatic rings. The van der Waals surface area contributed by atoms with Gasteiger partial charge in [-0.2, -0.15) is 0 Å². The highest BCUT2D eigenvalue weighted by molar-refractivity contribution is 7.53. The van der Waals surface area contributed by atoms with Crippen LogP contribution in [0, 0.1) is 11.8 Å². The van der Waals surface area contributed by atoms with Crippen molar-refractivity contribution in [2.75, 3.05) is 19.4 Å². The monoisotopic (exact) mass is 348 g/mol. The summed E-state index contributed by atoms with van der Waals surface area (Å²) >= 11 is 0. The summed E-state index contributed by atoms with van der Waals surface area (Å²) in [4.78, 5) is 0. The fourth-order valence-electron chi connectivity index (χ4n) is 2.67. The maximum absolute atomic E-state index is 13.0. The van der Waals surface area contributed by atoms with Crippen LogP contribution in [0.1, 0.15) is 92.4 Å². The van der Waals surface area contributed by atoms with E-state index >= 15 is 0 Å². The first-order chi connectivity index (χ1) is 11.0. The largest absolute Gasteiger partial charge is 0.330 e. The Balaban J connectivity index is 4.44. The van der Waals surface area contributed by atoms with Crippen LogP contribution < -0.4 is 0 Å². The minimum Gasteiger partial charge on any atom is -0.308 e. The number of rotatable bonds is 16. The maximum Gasteiger partial charge on any atom is 0.330 e. The number of unbranched alkanes of at least 4 members (excludes halogenated alkanes) is 2. The van der Waals surface area contributed by atoms with Gasteiger partial charge in [0, 0.05) is 6.16 Å². The molecule has 0 aliphatic heterocycles. The predicted octanol–water partition coefficient (Wildman–Crippen LogP) is 7.06. The predicted molar refractivity (Wildman–Crippen MR) is 101 cm³/mol. The van der Waals surface area contributed by atoms with Gasteiger partial charge in [0.25, 0.3) is 0 Å². The maximum atomic E-state index is 13.0. The van der Waals surface area contributed by atoms with E-state index in [1.165, 1.54) is 25.7 Å². The van der Waals surface area contributed by atoms with Gasteiger partial charge in [-0.05, 0) is 31.1 Å². The van der Waals surface area contributed by atoms with Gasteiger partial charge in [0.15, 0.2) is 0 Å². The molecule has 23 heavy (non-hydrogen) atoms. The Labute approximate surface area is 145 Å². The standard InChI is InChI=1S/C19H41O3P/c1-6-11-13-18(9-4)16-21-23(20,15-8-3)22-17-19(10-5)14-12-7-2/h18-19H,6-17H2,1-5H3. The third-order valence-electron chi connectivity index (χ3n) is 4.60. The summed E-state index contributed by atoms with van der Waals surface area (Å²) in [5.74, 6) is 1.01. The van der Waals surface area contributed by atoms with E-state index in [0.717, 1.165) is 32.1 Å². The van der Waals surface area contributed by atoms with Gasteiger partial charge in [0.05, 0.1) is 13.2 Å². The Kier molecular flexibility index (Phi) is 14.6. The summed E-state index contributed by atoms with van der Waals surface area (Å²) in [7, 11) is -2.92. The fraction of sp³-hybridized carbons (Fsp3) is 1.00. The fourth-order valence-corrected chi connectivity index (χ4v) is 4.43. The third kappa shape index (κ3) is 11.3. The highest BCUT2D eigenvalue weighted by Crippen LogP contribution is 2.50. The molecule has 0 heterocycles. The highest BCUT2D eigenvalue weighted by Gasteiger charge is 2.26. The molecule has 140 valence electrons. The third-order valence-corrected chi connectivity index (χ3v) is 6.68. The van der Waals surface area contributed by atoms with Crippen LogP contribution in [0.2, 0.25) is 0 Å². The summed E-state index contributed by atoms with van der Waals surface area (Å²) in [5.41, 5.74) is 0. The molecule has 0 bridgehead atoms. The van der Waals surface area contributed by atoms with Crippen molar-refractivity contribution in [3.05, 3.63) is 0 Å². The summed E-state index contributed by atoms with van der Waals surface area (Å²) in [6, 6.07) is 0. The zero-order valence-corrected chi connectivity index (χ0v) is 17.2. The molecule has 0 rings (SSSR count). The molecular weight excluding hydrogens is 307 g/mol. The Bertz CT molecular complexity index is 283. The van der Waals surface area contributed by atoms with E-state index in [4.69, 9.17) is 9.05 Å². The van der Waals surface area contributed by atoms with Crippen LogP contribution in [0.3, 0.4) is 0 Å². The quantitative estimate of drug-likeness (QED) is 0.280. The van der Waals surface area contributed by atoms with Crippen molar-refractivity contribution >= 4 is 7.60 Å². The van der Waals surface area contributed by atoms with Gasteiger partial charge in [0.2, 0.25) is 0 Å². The lowest BCUT2D eigenvalue weighted by molar-refractivity contribution is 0.151. The molecule has 0 spiro atoms. The molecule has 0 aromatic heterocycles. The van der Waals surface area contributed by atoms with Crippen molar-refractivity contribution in [1.82, 2.24) is 0 Å². The van der Waals surface area contributed by atoms with Crippen molar-refractivity contribution in [3.63, 3.8) is 0 Å². The molecule has 0 aliphatic rings. The van der Waals surface area contributed by atoms with E-state index in [-0.39, 0.29) is 0 Å². The molecule has 0 N–H and O–H groups in total. The second kappa shape index (κ2) is 14.5. The van der Waals surface area contributed by atoms with Crippen LogP contribution in [0.25, 0.3) is 0 Å². The molecule has 0 aromatic carbocycles. The molecule has 0 aliphatic carbocycles. The van der Waals surface area contributed by atoms with E-state index in [1.54, 1.807) is 0 Å². The minimum absolute atomic E-state index is 0.505. The SMILES string of the molecule is CCCCC(CC)COP(=O)(CCC)OCC(CC)CCCC. The summed E-state index contributed by atoms with van der Waals surface area (Å²) in [6.07, 6.45) is 10.7. The Morgan fingerprint density at radius 2 is 1.17 bits per heavy atom. The van der Waals surface area contributed by atoms with Crippen molar-refractivity contribution in [2.45, 2.75) is 92.4 Å². The van der Waals surface area contributed by atoms with Crippen molar-refractivity contribution in [1.29, 1.82) is 0 Å². The van der Waals surface area contributed by atoms with Crippen molar-refractivity contribution in [3.8, 4) is 0 Å². The average Bonchev–Trinajstić information content (AvgIpc) is 2.55. The van der Waals surface area contributed by atoms with Crippen LogP contribution in [-0.2, 0) is 13.6 Å². The number of hydrogen-bond donors (Lipinski definition) is 0. The lowest BCUT2D eigenvalue weighted by atomic mass is 10.0. The lowest BCUT2D eigenvalue weighted by Crippen LogP contribution is -2.13. The van der Waals surface area contributed by atoms with Crippen LogP contribution in [-0.4, -0.2) is 19.4 Å². The molecule has 2 unspecified atom stereocenters. The lowest BCUT2D eigenvalue weighted by Gasteiger charge is -2.24. The highest BCUT2D eigenvalue weighted by atomic mass is 31.2. The molecule has 0 fully saturated rings. The second-order valence-electron chi connectivity index (χ2n) is 6.76. The van der Waals surface area contributed by atoms with E-state index < -0.39 is 7.60 Å². The molecule has 2 atom stereocenters. The average molecular weight is 349 g/mol. The Hall–Kier alpha value is 0.150. The normalized spacial score (nSPS) is 16.9. The Morgan fingerprint density at radius 3 is 1.48 bits per heavy atom. The molecule has 4 heteroatoms. The van der Waals surface area contributed by atoms with Crippen molar-refractivity contribution in [2.24, 2.45) is 11.8 Å². The van der Waals surface area contributed by atoms with Gasteiger partial charge in [-0.3, -0.25) is 4.57 Å². The zero-order valence-electron chi connectivity index (χ0n) is 16.3. The van der Waals surface area contributed by atoms with E-state index in [9.17, 15) is 4.57 Å². The van der Waals surface area contributed by atoms with Gasteiger partial charge in [-0.1, -0.05) is 73.1 Å². The zero-order chi connectivity index (χ0) is 17.6. The van der Waals surface area contributed by atoms with Gasteiger partial charge in [-0.15, -0.1) is 0 Å². The van der Waals surface area contributed by atoms with Gasteiger partial charge >= 0.3 is 7.60 Å². The Morgan fingerprint density at radius 1 is 0.739 bits per heavy atom. The summed E-state index contributed by atoms with van der Waals surface area (Å²) in [5, 5.41) is 0. The smallest absolute Gasteiger partial charge is 0.308 e. The van der Waals surface area contributed by atoms with Crippen LogP contribution in [0.4, 0.5) is 0 Å². The first kappa shape index (κ1) is 23.1. The topological polar surface area (TPSA) is 35.5 Å². The van der Waals surface area contributed by atoms with E-state index in [0.29, 0.717) is 31.2 Å². The van der Waals surface area contributed by atoms with Crippen LogP contribution in [0.5, 0.6) is 0 Å². The van der Waals surface area contributed by atoms with Crippen molar-refractivity contribution < 1.29 is 13.6 Å². The summed E-state index contributed by atoms with van der Waals surface area (Å²) in [6.45, 7) is 12.0. The summed E-state index contributed by atoms with van der Waals surface area (Å²) < 4.78 is 24.7. The first-order valence-corrected chi connectivity index (χ1v) is 11.7. The van der Waals surface area contributed by atoms with Gasteiger partial charge in [-0.25, -0.2) is 0 Å². The van der Waals surface area contributed by atoms with Gasteiger partial charge in [0.1, 0.15) is 0 Å². The molecule has 0 amide bonds. The molecule has 0 saturated carbocycles.